The molecule has 5 nitrogen and oxygen atoms in total. The van der Waals surface area contributed by atoms with Crippen LogP contribution in [0.5, 0.6) is 5.75 Å². The Morgan fingerprint density at radius 3 is 2.68 bits per heavy atom. The van der Waals surface area contributed by atoms with Gasteiger partial charge in [0.05, 0.1) is 19.1 Å². The number of hydrogen-bond acceptors (Lipinski definition) is 5. The van der Waals surface area contributed by atoms with Gasteiger partial charge < -0.3 is 13.9 Å². The molecule has 5 heteroatoms. The molecule has 0 radical (unpaired) electrons. The first-order valence-electron chi connectivity index (χ1n) is 5.87. The van der Waals surface area contributed by atoms with Crippen LogP contribution < -0.4 is 4.74 Å². The number of rotatable bonds is 4. The lowest BCUT2D eigenvalue weighted by atomic mass is 10.1. The van der Waals surface area contributed by atoms with E-state index in [0.717, 1.165) is 0 Å². The van der Waals surface area contributed by atoms with Gasteiger partial charge in [-0.1, -0.05) is 6.07 Å². The van der Waals surface area contributed by atoms with Crippen LogP contribution in [-0.2, 0) is 9.53 Å². The number of fused-ring (bicyclic) bond motifs is 1. The molecule has 0 aliphatic rings. The molecule has 1 heterocycles. The lowest BCUT2D eigenvalue weighted by Gasteiger charge is -2.01. The van der Waals surface area contributed by atoms with Crippen molar-refractivity contribution in [1.29, 1.82) is 0 Å². The molecule has 100 valence electrons. The third-order valence-corrected chi connectivity index (χ3v) is 2.80. The van der Waals surface area contributed by atoms with Crippen molar-refractivity contribution in [3.05, 3.63) is 29.5 Å². The minimum Gasteiger partial charge on any atom is -0.496 e. The zero-order valence-corrected chi connectivity index (χ0v) is 11.0. The Bertz CT molecular complexity index is 639. The van der Waals surface area contributed by atoms with E-state index in [1.165, 1.54) is 7.11 Å². The van der Waals surface area contributed by atoms with Crippen LogP contribution in [0.25, 0.3) is 11.0 Å². The summed E-state index contributed by atoms with van der Waals surface area (Å²) in [4.78, 5) is 23.4. The number of carbonyl (C=O) groups is 2. The van der Waals surface area contributed by atoms with Gasteiger partial charge >= 0.3 is 11.8 Å². The first kappa shape index (κ1) is 13.1. The van der Waals surface area contributed by atoms with E-state index in [9.17, 15) is 9.59 Å². The topological polar surface area (TPSA) is 65.7 Å². The molecule has 2 aromatic rings. The van der Waals surface area contributed by atoms with Crippen LogP contribution in [0.3, 0.4) is 0 Å². The predicted molar refractivity (Wildman–Crippen MR) is 68.5 cm³/mol. The second kappa shape index (κ2) is 5.14. The maximum Gasteiger partial charge on any atom is 0.383 e. The Balaban J connectivity index is 2.54. The van der Waals surface area contributed by atoms with Crippen LogP contribution in [0, 0.1) is 6.92 Å². The molecule has 2 rings (SSSR count). The fourth-order valence-electron chi connectivity index (χ4n) is 1.94. The monoisotopic (exact) mass is 262 g/mol. The molecule has 0 saturated heterocycles. The standard InChI is InChI=1S/C14H14O5/c1-4-18-14(16)12(15)13-8(2)11-9(17-3)6-5-7-10(11)19-13/h5-7H,4H2,1-3H3. The van der Waals surface area contributed by atoms with E-state index >= 15 is 0 Å². The highest BCUT2D eigenvalue weighted by molar-refractivity contribution is 6.40. The number of hydrogen-bond donors (Lipinski definition) is 0. The smallest absolute Gasteiger partial charge is 0.383 e. The summed E-state index contributed by atoms with van der Waals surface area (Å²) in [6, 6.07) is 5.24. The number of methoxy groups -OCH3 is 1. The van der Waals surface area contributed by atoms with Crippen molar-refractivity contribution < 1.29 is 23.5 Å². The van der Waals surface area contributed by atoms with Crippen molar-refractivity contribution in [3.8, 4) is 5.75 Å². The molecular weight excluding hydrogens is 248 g/mol. The quantitative estimate of drug-likeness (QED) is 0.481. The van der Waals surface area contributed by atoms with Gasteiger partial charge in [-0.2, -0.15) is 0 Å². The van der Waals surface area contributed by atoms with Gasteiger partial charge in [0.1, 0.15) is 11.3 Å². The van der Waals surface area contributed by atoms with E-state index in [2.05, 4.69) is 4.74 Å². The summed E-state index contributed by atoms with van der Waals surface area (Å²) >= 11 is 0. The summed E-state index contributed by atoms with van der Waals surface area (Å²) in [5.41, 5.74) is 1.08. The van der Waals surface area contributed by atoms with Crippen LogP contribution >= 0.6 is 0 Å². The molecule has 0 saturated carbocycles. The van der Waals surface area contributed by atoms with E-state index in [1.807, 2.05) is 0 Å². The second-order valence-corrected chi connectivity index (χ2v) is 3.94. The average molecular weight is 262 g/mol. The maximum absolute atomic E-state index is 11.9. The fraction of sp³-hybridized carbons (Fsp3) is 0.286. The molecule has 1 aromatic carbocycles. The number of Topliss-reactive ketones (excluding diaryl/α,β-unsaturated/α-hetero) is 1. The molecule has 1 aromatic heterocycles. The molecule has 0 aliphatic carbocycles. The van der Waals surface area contributed by atoms with Gasteiger partial charge in [-0.25, -0.2) is 4.79 Å². The van der Waals surface area contributed by atoms with Gasteiger partial charge in [-0.15, -0.1) is 0 Å². The molecular formula is C14H14O5. The molecule has 0 atom stereocenters. The third kappa shape index (κ3) is 2.19. The summed E-state index contributed by atoms with van der Waals surface area (Å²) in [7, 11) is 1.54. The highest BCUT2D eigenvalue weighted by Crippen LogP contribution is 2.33. The lowest BCUT2D eigenvalue weighted by Crippen LogP contribution is -2.17. The van der Waals surface area contributed by atoms with E-state index in [4.69, 9.17) is 9.15 Å². The highest BCUT2D eigenvalue weighted by atomic mass is 16.5. The Hall–Kier alpha value is -2.30. The zero-order valence-electron chi connectivity index (χ0n) is 11.0. The zero-order chi connectivity index (χ0) is 14.0. The number of aryl methyl sites for hydroxylation is 1. The van der Waals surface area contributed by atoms with Crippen molar-refractivity contribution in [3.63, 3.8) is 0 Å². The van der Waals surface area contributed by atoms with E-state index in [-0.39, 0.29) is 12.4 Å². The van der Waals surface area contributed by atoms with Gasteiger partial charge in [0.2, 0.25) is 0 Å². The molecule has 0 amide bonds. The van der Waals surface area contributed by atoms with Crippen LogP contribution in [-0.4, -0.2) is 25.5 Å². The largest absolute Gasteiger partial charge is 0.496 e. The van der Waals surface area contributed by atoms with Gasteiger partial charge in [-0.3, -0.25) is 4.79 Å². The Labute approximate surface area is 110 Å². The highest BCUT2D eigenvalue weighted by Gasteiger charge is 2.26. The average Bonchev–Trinajstić information content (AvgIpc) is 2.75. The summed E-state index contributed by atoms with van der Waals surface area (Å²) in [5, 5.41) is 0.692. The summed E-state index contributed by atoms with van der Waals surface area (Å²) in [5.74, 6) is -1.10. The number of ether oxygens (including phenoxy) is 2. The van der Waals surface area contributed by atoms with Crippen molar-refractivity contribution in [2.75, 3.05) is 13.7 Å². The van der Waals surface area contributed by atoms with Crippen LogP contribution in [0.2, 0.25) is 0 Å². The SMILES string of the molecule is CCOC(=O)C(=O)c1oc2cccc(OC)c2c1C. The summed E-state index contributed by atoms with van der Waals surface area (Å²) < 4.78 is 15.3. The van der Waals surface area contributed by atoms with E-state index in [1.54, 1.807) is 32.0 Å². The second-order valence-electron chi connectivity index (χ2n) is 3.94. The van der Waals surface area contributed by atoms with Gasteiger partial charge in [0.25, 0.3) is 0 Å². The molecule has 19 heavy (non-hydrogen) atoms. The van der Waals surface area contributed by atoms with Crippen molar-refractivity contribution in [2.45, 2.75) is 13.8 Å². The maximum atomic E-state index is 11.9. The van der Waals surface area contributed by atoms with E-state index in [0.29, 0.717) is 22.3 Å². The number of benzene rings is 1. The minimum absolute atomic E-state index is 0.00190. The Kier molecular flexibility index (Phi) is 3.55. The van der Waals surface area contributed by atoms with Crippen LogP contribution in [0.1, 0.15) is 23.0 Å². The Morgan fingerprint density at radius 1 is 1.32 bits per heavy atom. The summed E-state index contributed by atoms with van der Waals surface area (Å²) in [6.07, 6.45) is 0. The fourth-order valence-corrected chi connectivity index (χ4v) is 1.94. The molecule has 0 bridgehead atoms. The van der Waals surface area contributed by atoms with E-state index < -0.39 is 11.8 Å². The first-order valence-corrected chi connectivity index (χ1v) is 5.87. The number of esters is 1. The summed E-state index contributed by atoms with van der Waals surface area (Å²) in [6.45, 7) is 3.49. The first-order chi connectivity index (χ1) is 9.10. The molecule has 0 aliphatic heterocycles. The van der Waals surface area contributed by atoms with Crippen LogP contribution in [0.4, 0.5) is 0 Å². The molecule has 0 fully saturated rings. The van der Waals surface area contributed by atoms with Gasteiger partial charge in [0, 0.05) is 5.56 Å². The van der Waals surface area contributed by atoms with Gasteiger partial charge in [-0.05, 0) is 26.0 Å². The number of furan rings is 1. The number of carbonyl (C=O) groups excluding carboxylic acids is 2. The molecule has 0 spiro atoms. The molecule has 0 N–H and O–H groups in total. The number of ketones is 1. The minimum atomic E-state index is -0.913. The van der Waals surface area contributed by atoms with Crippen molar-refractivity contribution in [2.24, 2.45) is 0 Å². The normalized spacial score (nSPS) is 10.5. The predicted octanol–water partition coefficient (Wildman–Crippen LogP) is 2.50. The lowest BCUT2D eigenvalue weighted by molar-refractivity contribution is -0.137. The van der Waals surface area contributed by atoms with Crippen molar-refractivity contribution >= 4 is 22.7 Å². The van der Waals surface area contributed by atoms with Gasteiger partial charge in [0.15, 0.2) is 5.76 Å². The van der Waals surface area contributed by atoms with Crippen LogP contribution in [0.15, 0.2) is 22.6 Å². The van der Waals surface area contributed by atoms with Crippen molar-refractivity contribution in [1.82, 2.24) is 0 Å². The molecule has 0 unspecified atom stereocenters. The third-order valence-electron chi connectivity index (χ3n) is 2.80. The Morgan fingerprint density at radius 2 is 2.05 bits per heavy atom.